The predicted octanol–water partition coefficient (Wildman–Crippen LogP) is 5.50. The van der Waals surface area contributed by atoms with Crippen molar-refractivity contribution in [3.05, 3.63) is 88.0 Å². The molecule has 5 rings (SSSR count). The van der Waals surface area contributed by atoms with Crippen LogP contribution in [-0.2, 0) is 17.5 Å². The molecule has 1 aliphatic heterocycles. The largest absolute Gasteiger partial charge is 0.444 e. The number of halogens is 4. The van der Waals surface area contributed by atoms with Gasteiger partial charge in [-0.05, 0) is 68.7 Å². The minimum absolute atomic E-state index is 0.00930. The lowest BCUT2D eigenvalue weighted by Crippen LogP contribution is -2.49. The summed E-state index contributed by atoms with van der Waals surface area (Å²) in [4.78, 5) is 37.0. The lowest BCUT2D eigenvalue weighted by atomic mass is 10.0. The van der Waals surface area contributed by atoms with Gasteiger partial charge in [0.2, 0.25) is 0 Å². The Morgan fingerprint density at radius 1 is 1.00 bits per heavy atom. The van der Waals surface area contributed by atoms with Crippen LogP contribution in [0.4, 0.5) is 23.8 Å². The van der Waals surface area contributed by atoms with E-state index in [1.54, 1.807) is 50.1 Å². The van der Waals surface area contributed by atoms with E-state index < -0.39 is 29.3 Å². The third-order valence-corrected chi connectivity index (χ3v) is 6.96. The number of hydrogen-bond acceptors (Lipinski definition) is 7. The Labute approximate surface area is 262 Å². The summed E-state index contributed by atoms with van der Waals surface area (Å²) in [5, 5.41) is 6.99. The zero-order valence-electron chi connectivity index (χ0n) is 24.7. The highest BCUT2D eigenvalue weighted by atomic mass is 35.5. The van der Waals surface area contributed by atoms with Gasteiger partial charge in [0.25, 0.3) is 5.91 Å². The van der Waals surface area contributed by atoms with Crippen LogP contribution in [0.1, 0.15) is 53.5 Å². The number of fused-ring (bicyclic) bond motifs is 1. The number of aromatic nitrogens is 4. The predicted molar refractivity (Wildman–Crippen MR) is 161 cm³/mol. The molecule has 10 nitrogen and oxygen atoms in total. The summed E-state index contributed by atoms with van der Waals surface area (Å²) in [6, 6.07) is 9.94. The average molecular weight is 640 g/mol. The molecule has 3 aromatic heterocycles. The number of rotatable bonds is 4. The van der Waals surface area contributed by atoms with Crippen molar-refractivity contribution in [2.45, 2.75) is 39.1 Å². The van der Waals surface area contributed by atoms with Gasteiger partial charge in [-0.2, -0.15) is 18.3 Å². The minimum Gasteiger partial charge on any atom is -0.444 e. The number of piperazine rings is 1. The van der Waals surface area contributed by atoms with Crippen LogP contribution in [0.5, 0.6) is 0 Å². The van der Waals surface area contributed by atoms with E-state index in [2.05, 4.69) is 32.2 Å². The molecule has 2 amide bonds. The molecule has 4 heterocycles. The Kier molecular flexibility index (Phi) is 8.99. The average Bonchev–Trinajstić information content (AvgIpc) is 3.37. The molecule has 0 spiro atoms. The number of amides is 2. The quantitative estimate of drug-likeness (QED) is 0.294. The van der Waals surface area contributed by atoms with Crippen molar-refractivity contribution in [3.8, 4) is 11.8 Å². The number of anilines is 1. The number of benzene rings is 1. The Hall–Kier alpha value is -4.67. The standard InChI is InChI=1S/C31H29ClF3N7O3/c1-30(2,3)45-29(44)41-14-12-40(13-15-41)19-22-6-5-21(17-24(22)31(33,34)35)28(43)38-26-16-20(10-11-36-26)4-7-23-18-37-27-9-8-25(32)39-42(23)27/h5-6,8-11,16-18H,12-15,19H2,1-3H3,(H,36,38,43). The molecule has 0 saturated carbocycles. The van der Waals surface area contributed by atoms with Crippen LogP contribution in [0.3, 0.4) is 0 Å². The van der Waals surface area contributed by atoms with Crippen molar-refractivity contribution in [1.29, 1.82) is 0 Å². The molecule has 0 bridgehead atoms. The van der Waals surface area contributed by atoms with Gasteiger partial charge in [-0.15, -0.1) is 0 Å². The van der Waals surface area contributed by atoms with Crippen molar-refractivity contribution in [2.75, 3.05) is 31.5 Å². The molecular weight excluding hydrogens is 611 g/mol. The fourth-order valence-corrected chi connectivity index (χ4v) is 4.75. The molecule has 14 heteroatoms. The lowest BCUT2D eigenvalue weighted by molar-refractivity contribution is -0.138. The highest BCUT2D eigenvalue weighted by molar-refractivity contribution is 6.29. The summed E-state index contributed by atoms with van der Waals surface area (Å²) in [5.74, 6) is 5.24. The van der Waals surface area contributed by atoms with E-state index in [0.29, 0.717) is 43.1 Å². The molecule has 1 aromatic carbocycles. The molecule has 234 valence electrons. The minimum atomic E-state index is -4.69. The highest BCUT2D eigenvalue weighted by Gasteiger charge is 2.35. The molecular formula is C31H29ClF3N7O3. The number of carbonyl (C=O) groups excluding carboxylic acids is 2. The molecule has 0 radical (unpaired) electrons. The first-order valence-corrected chi connectivity index (χ1v) is 14.3. The smallest absolute Gasteiger partial charge is 0.416 e. The van der Waals surface area contributed by atoms with Crippen molar-refractivity contribution < 1.29 is 27.5 Å². The van der Waals surface area contributed by atoms with E-state index in [1.165, 1.54) is 28.9 Å². The zero-order chi connectivity index (χ0) is 32.4. The lowest BCUT2D eigenvalue weighted by Gasteiger charge is -2.35. The van der Waals surface area contributed by atoms with Crippen LogP contribution in [0.25, 0.3) is 5.65 Å². The molecule has 0 unspecified atom stereocenters. The first-order valence-electron chi connectivity index (χ1n) is 14.0. The summed E-state index contributed by atoms with van der Waals surface area (Å²) in [6.07, 6.45) is -2.17. The maximum absolute atomic E-state index is 14.1. The number of ether oxygens (including phenoxy) is 1. The molecule has 1 N–H and O–H groups in total. The summed E-state index contributed by atoms with van der Waals surface area (Å²) < 4.78 is 49.2. The van der Waals surface area contributed by atoms with E-state index in [1.807, 2.05) is 4.90 Å². The monoisotopic (exact) mass is 639 g/mol. The number of nitrogens with one attached hydrogen (secondary N) is 1. The van der Waals surface area contributed by atoms with Gasteiger partial charge < -0.3 is 15.0 Å². The normalized spacial score (nSPS) is 14.2. The number of carbonyl (C=O) groups is 2. The van der Waals surface area contributed by atoms with Crippen LogP contribution in [0, 0.1) is 11.8 Å². The fourth-order valence-electron chi connectivity index (χ4n) is 4.61. The molecule has 45 heavy (non-hydrogen) atoms. The molecule has 4 aromatic rings. The number of nitrogens with zero attached hydrogens (tertiary/aromatic N) is 6. The SMILES string of the molecule is CC(C)(C)OC(=O)N1CCN(Cc2ccc(C(=O)Nc3cc(C#Cc4cnc5ccc(Cl)nn45)ccn3)cc2C(F)(F)F)CC1. The Morgan fingerprint density at radius 2 is 1.76 bits per heavy atom. The second-order valence-corrected chi connectivity index (χ2v) is 11.7. The van der Waals surface area contributed by atoms with Crippen LogP contribution >= 0.6 is 11.6 Å². The summed E-state index contributed by atoms with van der Waals surface area (Å²) in [5.41, 5.74) is -0.136. The van der Waals surface area contributed by atoms with Gasteiger partial charge >= 0.3 is 12.3 Å². The molecule has 0 atom stereocenters. The van der Waals surface area contributed by atoms with E-state index >= 15 is 0 Å². The first-order chi connectivity index (χ1) is 21.2. The summed E-state index contributed by atoms with van der Waals surface area (Å²) in [6.45, 7) is 6.74. The third kappa shape index (κ3) is 8.09. The number of imidazole rings is 1. The highest BCUT2D eigenvalue weighted by Crippen LogP contribution is 2.34. The van der Waals surface area contributed by atoms with E-state index in [4.69, 9.17) is 16.3 Å². The third-order valence-electron chi connectivity index (χ3n) is 6.76. The second-order valence-electron chi connectivity index (χ2n) is 11.3. The van der Waals surface area contributed by atoms with Crippen LogP contribution < -0.4 is 5.32 Å². The second kappa shape index (κ2) is 12.7. The van der Waals surface area contributed by atoms with Gasteiger partial charge in [-0.25, -0.2) is 19.3 Å². The number of pyridine rings is 1. The van der Waals surface area contributed by atoms with Gasteiger partial charge in [0.15, 0.2) is 5.65 Å². The molecule has 1 aliphatic rings. The van der Waals surface area contributed by atoms with Gasteiger partial charge in [0, 0.05) is 50.0 Å². The van der Waals surface area contributed by atoms with Crippen molar-refractivity contribution in [2.24, 2.45) is 0 Å². The molecule has 1 saturated heterocycles. The summed E-state index contributed by atoms with van der Waals surface area (Å²) in [7, 11) is 0. The number of alkyl halides is 3. The summed E-state index contributed by atoms with van der Waals surface area (Å²) >= 11 is 5.97. The van der Waals surface area contributed by atoms with Crippen molar-refractivity contribution in [1.82, 2.24) is 29.4 Å². The zero-order valence-corrected chi connectivity index (χ0v) is 25.4. The van der Waals surface area contributed by atoms with Crippen LogP contribution in [0.15, 0.2) is 54.9 Å². The van der Waals surface area contributed by atoms with E-state index in [0.717, 1.165) is 6.07 Å². The Morgan fingerprint density at radius 3 is 2.47 bits per heavy atom. The van der Waals surface area contributed by atoms with Gasteiger partial charge in [-0.3, -0.25) is 9.69 Å². The van der Waals surface area contributed by atoms with Crippen LogP contribution in [0.2, 0.25) is 5.15 Å². The fraction of sp³-hybridized carbons (Fsp3) is 0.323. The Bertz CT molecular complexity index is 1800. The maximum atomic E-state index is 14.1. The van der Waals surface area contributed by atoms with Crippen molar-refractivity contribution in [3.63, 3.8) is 0 Å². The topological polar surface area (TPSA) is 105 Å². The van der Waals surface area contributed by atoms with E-state index in [-0.39, 0.29) is 28.6 Å². The number of hydrogen-bond donors (Lipinski definition) is 1. The molecule has 1 fully saturated rings. The van der Waals surface area contributed by atoms with Gasteiger partial charge in [0.1, 0.15) is 22.3 Å². The first kappa shape index (κ1) is 31.7. The maximum Gasteiger partial charge on any atom is 0.416 e. The van der Waals surface area contributed by atoms with Crippen LogP contribution in [-0.4, -0.2) is 73.2 Å². The van der Waals surface area contributed by atoms with Gasteiger partial charge in [-0.1, -0.05) is 23.6 Å². The van der Waals surface area contributed by atoms with Crippen molar-refractivity contribution >= 4 is 35.1 Å². The Balaban J connectivity index is 1.26. The van der Waals surface area contributed by atoms with E-state index in [9.17, 15) is 22.8 Å². The molecule has 0 aliphatic carbocycles. The van der Waals surface area contributed by atoms with Gasteiger partial charge in [0.05, 0.1) is 11.8 Å².